The summed E-state index contributed by atoms with van der Waals surface area (Å²) in [6.07, 6.45) is 0. The second kappa shape index (κ2) is 5.16. The molecule has 0 atom stereocenters. The van der Waals surface area contributed by atoms with E-state index in [1.807, 2.05) is 0 Å². The Morgan fingerprint density at radius 1 is 1.10 bits per heavy atom. The van der Waals surface area contributed by atoms with Gasteiger partial charge in [-0.25, -0.2) is 4.68 Å². The monoisotopic (exact) mass is 273 g/mol. The summed E-state index contributed by atoms with van der Waals surface area (Å²) in [5, 5.41) is 2.91. The fraction of sp³-hybridized carbons (Fsp3) is 0.214. The van der Waals surface area contributed by atoms with E-state index in [1.54, 1.807) is 31.2 Å². The van der Waals surface area contributed by atoms with Crippen molar-refractivity contribution in [3.05, 3.63) is 46.4 Å². The predicted octanol–water partition coefficient (Wildman–Crippen LogP) is 1.37. The number of aromatic nitrogens is 2. The number of carbonyl (C=O) groups excluding carboxylic acids is 2. The van der Waals surface area contributed by atoms with Crippen molar-refractivity contribution < 1.29 is 9.59 Å². The molecule has 2 rings (SSSR count). The Hall–Kier alpha value is -2.63. The molecule has 0 aliphatic carbocycles. The zero-order chi connectivity index (χ0) is 14.9. The van der Waals surface area contributed by atoms with Gasteiger partial charge in [-0.05, 0) is 31.2 Å². The third-order valence-corrected chi connectivity index (χ3v) is 2.84. The van der Waals surface area contributed by atoms with E-state index in [9.17, 15) is 14.4 Å². The van der Waals surface area contributed by atoms with Gasteiger partial charge < -0.3 is 0 Å². The average molecular weight is 273 g/mol. The summed E-state index contributed by atoms with van der Waals surface area (Å²) in [7, 11) is 0. The molecule has 6 nitrogen and oxygen atoms in total. The highest BCUT2D eigenvalue weighted by Crippen LogP contribution is 2.17. The third kappa shape index (κ3) is 2.54. The second-order valence-corrected chi connectivity index (χ2v) is 4.50. The first-order chi connectivity index (χ1) is 9.40. The molecule has 0 bridgehead atoms. The summed E-state index contributed by atoms with van der Waals surface area (Å²) in [6.45, 7) is 4.45. The topological polar surface area (TPSA) is 75.2 Å². The van der Waals surface area contributed by atoms with E-state index in [2.05, 4.69) is 5.10 Å². The average Bonchev–Trinajstić information content (AvgIpc) is 2.68. The van der Waals surface area contributed by atoms with Crippen LogP contribution in [-0.2, 0) is 9.59 Å². The fourth-order valence-electron chi connectivity index (χ4n) is 2.04. The van der Waals surface area contributed by atoms with Crippen LogP contribution in [0, 0.1) is 6.92 Å². The smallest absolute Gasteiger partial charge is 0.271 e. The number of benzene rings is 1. The Kier molecular flexibility index (Phi) is 3.56. The summed E-state index contributed by atoms with van der Waals surface area (Å²) in [6, 6.07) is 8.09. The SMILES string of the molecule is CC(=O)N(C(C)=O)c1ccc(-n2[nH]c(C)cc2=O)cc1. The van der Waals surface area contributed by atoms with Gasteiger partial charge in [0.05, 0.1) is 11.4 Å². The molecule has 0 fully saturated rings. The number of aromatic amines is 1. The largest absolute Gasteiger partial charge is 0.295 e. The highest BCUT2D eigenvalue weighted by Gasteiger charge is 2.16. The number of amides is 2. The van der Waals surface area contributed by atoms with E-state index in [-0.39, 0.29) is 17.4 Å². The first-order valence-electron chi connectivity index (χ1n) is 6.10. The molecule has 1 aromatic carbocycles. The number of hydrogen-bond donors (Lipinski definition) is 1. The molecular formula is C14H15N3O3. The normalized spacial score (nSPS) is 10.3. The van der Waals surface area contributed by atoms with E-state index >= 15 is 0 Å². The summed E-state index contributed by atoms with van der Waals surface area (Å²) in [5.74, 6) is -0.698. The Bertz CT molecular complexity index is 696. The number of aryl methyl sites for hydroxylation is 1. The van der Waals surface area contributed by atoms with Crippen LogP contribution in [0.25, 0.3) is 5.69 Å². The molecule has 2 aromatic rings. The van der Waals surface area contributed by atoms with Crippen molar-refractivity contribution >= 4 is 17.5 Å². The molecule has 0 saturated heterocycles. The molecule has 104 valence electrons. The lowest BCUT2D eigenvalue weighted by Crippen LogP contribution is -2.33. The zero-order valence-corrected chi connectivity index (χ0v) is 11.5. The minimum absolute atomic E-state index is 0.162. The van der Waals surface area contributed by atoms with Crippen LogP contribution in [0.5, 0.6) is 0 Å². The lowest BCUT2D eigenvalue weighted by molar-refractivity contribution is -0.124. The van der Waals surface area contributed by atoms with Crippen LogP contribution in [-0.4, -0.2) is 21.6 Å². The molecule has 0 saturated carbocycles. The summed E-state index contributed by atoms with van der Waals surface area (Å²) >= 11 is 0. The van der Waals surface area contributed by atoms with E-state index in [1.165, 1.54) is 24.6 Å². The van der Waals surface area contributed by atoms with Gasteiger partial charge in [-0.15, -0.1) is 0 Å². The molecule has 20 heavy (non-hydrogen) atoms. The van der Waals surface area contributed by atoms with Crippen LogP contribution in [0.2, 0.25) is 0 Å². The van der Waals surface area contributed by atoms with Gasteiger partial charge in [0.2, 0.25) is 11.8 Å². The molecule has 1 aromatic heterocycles. The van der Waals surface area contributed by atoms with Gasteiger partial charge in [-0.3, -0.25) is 24.4 Å². The van der Waals surface area contributed by atoms with Crippen LogP contribution < -0.4 is 10.5 Å². The number of imide groups is 1. The van der Waals surface area contributed by atoms with Crippen molar-refractivity contribution in [2.24, 2.45) is 0 Å². The molecule has 2 amide bonds. The number of carbonyl (C=O) groups is 2. The molecule has 6 heteroatoms. The van der Waals surface area contributed by atoms with Crippen molar-refractivity contribution in [2.45, 2.75) is 20.8 Å². The van der Waals surface area contributed by atoms with Gasteiger partial charge in [-0.1, -0.05) is 0 Å². The van der Waals surface area contributed by atoms with Crippen molar-refractivity contribution in [1.29, 1.82) is 0 Å². The maximum atomic E-state index is 11.7. The summed E-state index contributed by atoms with van der Waals surface area (Å²) in [5.41, 5.74) is 1.71. The van der Waals surface area contributed by atoms with Gasteiger partial charge in [-0.2, -0.15) is 0 Å². The predicted molar refractivity (Wildman–Crippen MR) is 75.0 cm³/mol. The molecule has 0 aliphatic rings. The molecule has 0 spiro atoms. The molecule has 0 unspecified atom stereocenters. The van der Waals surface area contributed by atoms with Gasteiger partial charge in [0.1, 0.15) is 0 Å². The first-order valence-corrected chi connectivity index (χ1v) is 6.10. The quantitative estimate of drug-likeness (QED) is 0.898. The van der Waals surface area contributed by atoms with Crippen LogP contribution in [0.4, 0.5) is 5.69 Å². The fourth-order valence-corrected chi connectivity index (χ4v) is 2.04. The van der Waals surface area contributed by atoms with Gasteiger partial charge >= 0.3 is 0 Å². The lowest BCUT2D eigenvalue weighted by Gasteiger charge is -2.17. The molecular weight excluding hydrogens is 258 g/mol. The highest BCUT2D eigenvalue weighted by atomic mass is 16.2. The Morgan fingerprint density at radius 3 is 2.05 bits per heavy atom. The van der Waals surface area contributed by atoms with Crippen LogP contribution >= 0.6 is 0 Å². The minimum Gasteiger partial charge on any atom is -0.295 e. The minimum atomic E-state index is -0.349. The van der Waals surface area contributed by atoms with E-state index in [0.29, 0.717) is 11.4 Å². The highest BCUT2D eigenvalue weighted by molar-refractivity contribution is 6.13. The molecule has 0 aliphatic heterocycles. The number of rotatable bonds is 2. The van der Waals surface area contributed by atoms with Crippen LogP contribution in [0.1, 0.15) is 19.5 Å². The van der Waals surface area contributed by atoms with E-state index in [0.717, 1.165) is 10.6 Å². The number of nitrogens with one attached hydrogen (secondary N) is 1. The number of anilines is 1. The van der Waals surface area contributed by atoms with Gasteiger partial charge in [0.25, 0.3) is 5.56 Å². The first kappa shape index (κ1) is 13.8. The van der Waals surface area contributed by atoms with Gasteiger partial charge in [0.15, 0.2) is 0 Å². The number of nitrogens with zero attached hydrogens (tertiary/aromatic N) is 2. The van der Waals surface area contributed by atoms with E-state index < -0.39 is 0 Å². The van der Waals surface area contributed by atoms with Crippen LogP contribution in [0.15, 0.2) is 35.1 Å². The molecule has 0 radical (unpaired) electrons. The standard InChI is InChI=1S/C14H15N3O3/c1-9-8-14(20)17(15-9)13-6-4-12(5-7-13)16(10(2)18)11(3)19/h4-8,15H,1-3H3. The number of hydrogen-bond acceptors (Lipinski definition) is 3. The van der Waals surface area contributed by atoms with Crippen molar-refractivity contribution in [2.75, 3.05) is 4.90 Å². The lowest BCUT2D eigenvalue weighted by atomic mass is 10.2. The summed E-state index contributed by atoms with van der Waals surface area (Å²) < 4.78 is 1.39. The van der Waals surface area contributed by atoms with Crippen molar-refractivity contribution in [3.63, 3.8) is 0 Å². The van der Waals surface area contributed by atoms with Crippen LogP contribution in [0.3, 0.4) is 0 Å². The Balaban J connectivity index is 2.40. The van der Waals surface area contributed by atoms with Crippen molar-refractivity contribution in [3.8, 4) is 5.69 Å². The molecule has 1 heterocycles. The number of H-pyrrole nitrogens is 1. The third-order valence-electron chi connectivity index (χ3n) is 2.84. The van der Waals surface area contributed by atoms with Crippen molar-refractivity contribution in [1.82, 2.24) is 9.78 Å². The van der Waals surface area contributed by atoms with Gasteiger partial charge in [0, 0.05) is 25.6 Å². The zero-order valence-electron chi connectivity index (χ0n) is 11.5. The van der Waals surface area contributed by atoms with E-state index in [4.69, 9.17) is 0 Å². The maximum Gasteiger partial charge on any atom is 0.271 e. The Morgan fingerprint density at radius 2 is 1.65 bits per heavy atom. The maximum absolute atomic E-state index is 11.7. The second-order valence-electron chi connectivity index (χ2n) is 4.50. The Labute approximate surface area is 115 Å². The summed E-state index contributed by atoms with van der Waals surface area (Å²) in [4.78, 5) is 35.6. The molecule has 1 N–H and O–H groups in total.